The molecule has 0 bridgehead atoms. The highest BCUT2D eigenvalue weighted by Crippen LogP contribution is 2.13. The van der Waals surface area contributed by atoms with Gasteiger partial charge in [0.1, 0.15) is 0 Å². The van der Waals surface area contributed by atoms with E-state index in [1.165, 1.54) is 83.5 Å². The summed E-state index contributed by atoms with van der Waals surface area (Å²) in [6.45, 7) is 2.28. The van der Waals surface area contributed by atoms with Gasteiger partial charge < -0.3 is 0 Å². The van der Waals surface area contributed by atoms with Gasteiger partial charge in [0.25, 0.3) is 0 Å². The smallest absolute Gasteiger partial charge is 0.197 e. The van der Waals surface area contributed by atoms with E-state index in [4.69, 9.17) is 0 Å². The van der Waals surface area contributed by atoms with Crippen LogP contribution < -0.4 is 0 Å². The lowest BCUT2D eigenvalue weighted by Gasteiger charge is -2.02. The van der Waals surface area contributed by atoms with Crippen molar-refractivity contribution in [2.24, 2.45) is 0 Å². The van der Waals surface area contributed by atoms with Gasteiger partial charge >= 0.3 is 0 Å². The first-order valence-corrected chi connectivity index (χ1v) is 9.25. The second-order valence-electron chi connectivity index (χ2n) is 5.70. The van der Waals surface area contributed by atoms with Gasteiger partial charge in [-0.05, 0) is 22.4 Å². The highest BCUT2D eigenvalue weighted by atomic mass is 79.9. The summed E-state index contributed by atoms with van der Waals surface area (Å²) in [6.07, 6.45) is 19.8. The van der Waals surface area contributed by atoms with Crippen LogP contribution in [0.2, 0.25) is 0 Å². The summed E-state index contributed by atoms with van der Waals surface area (Å²) in [4.78, 5) is 10.7. The van der Waals surface area contributed by atoms with Crippen molar-refractivity contribution in [1.29, 1.82) is 0 Å². The van der Waals surface area contributed by atoms with Gasteiger partial charge in [-0.15, -0.1) is 0 Å². The Bertz CT molecular complexity index is 192. The van der Waals surface area contributed by atoms with Gasteiger partial charge in [0.2, 0.25) is 0 Å². The SMILES string of the molecule is CCCCCCCCCCCCCCCCC(=O)Br. The number of hydrogen-bond donors (Lipinski definition) is 0. The fourth-order valence-electron chi connectivity index (χ4n) is 2.46. The molecule has 2 heteroatoms. The van der Waals surface area contributed by atoms with Crippen molar-refractivity contribution in [3.8, 4) is 0 Å². The van der Waals surface area contributed by atoms with Gasteiger partial charge in [-0.25, -0.2) is 0 Å². The normalized spacial score (nSPS) is 10.8. The Kier molecular flexibility index (Phi) is 16.3. The van der Waals surface area contributed by atoms with E-state index in [0.29, 0.717) is 6.42 Å². The molecule has 0 aliphatic heterocycles. The van der Waals surface area contributed by atoms with Crippen LogP contribution in [0.25, 0.3) is 0 Å². The average molecular weight is 333 g/mol. The van der Waals surface area contributed by atoms with Gasteiger partial charge in [-0.1, -0.05) is 90.4 Å². The molecule has 0 fully saturated rings. The Labute approximate surface area is 129 Å². The second-order valence-corrected chi connectivity index (χ2v) is 6.59. The van der Waals surface area contributed by atoms with Crippen LogP contribution in [-0.4, -0.2) is 4.69 Å². The summed E-state index contributed by atoms with van der Waals surface area (Å²) >= 11 is 2.97. The quantitative estimate of drug-likeness (QED) is 0.238. The molecule has 114 valence electrons. The number of carbonyl (C=O) groups is 1. The first-order valence-electron chi connectivity index (χ1n) is 8.45. The van der Waals surface area contributed by atoms with E-state index < -0.39 is 0 Å². The van der Waals surface area contributed by atoms with Gasteiger partial charge in [0.15, 0.2) is 4.69 Å². The van der Waals surface area contributed by atoms with E-state index in [2.05, 4.69) is 22.9 Å². The average Bonchev–Trinajstić information content (AvgIpc) is 2.39. The third-order valence-electron chi connectivity index (χ3n) is 3.73. The fraction of sp³-hybridized carbons (Fsp3) is 0.941. The zero-order valence-electron chi connectivity index (χ0n) is 12.9. The van der Waals surface area contributed by atoms with Crippen LogP contribution in [0.5, 0.6) is 0 Å². The standard InChI is InChI=1S/C17H33BrO/c1-2-3-4-5-6-7-8-9-10-11-12-13-14-15-16-17(18)19/h2-16H2,1H3. The summed E-state index contributed by atoms with van der Waals surface area (Å²) in [5, 5.41) is 0. The molecule has 0 saturated carbocycles. The first-order chi connectivity index (χ1) is 9.27. The molecule has 0 unspecified atom stereocenters. The molecule has 19 heavy (non-hydrogen) atoms. The fourth-order valence-corrected chi connectivity index (χ4v) is 2.74. The maximum Gasteiger partial charge on any atom is 0.197 e. The molecule has 0 spiro atoms. The van der Waals surface area contributed by atoms with Crippen molar-refractivity contribution >= 4 is 20.6 Å². The van der Waals surface area contributed by atoms with E-state index >= 15 is 0 Å². The van der Waals surface area contributed by atoms with Crippen LogP contribution in [0.4, 0.5) is 0 Å². The molecule has 0 radical (unpaired) electrons. The Balaban J connectivity index is 2.93. The lowest BCUT2D eigenvalue weighted by Crippen LogP contribution is -1.86. The molecule has 0 rings (SSSR count). The number of halogens is 1. The zero-order valence-corrected chi connectivity index (χ0v) is 14.5. The van der Waals surface area contributed by atoms with Crippen LogP contribution in [0.3, 0.4) is 0 Å². The summed E-state index contributed by atoms with van der Waals surface area (Å²) < 4.78 is 0.159. The van der Waals surface area contributed by atoms with Crippen molar-refractivity contribution in [2.75, 3.05) is 0 Å². The van der Waals surface area contributed by atoms with Crippen molar-refractivity contribution in [3.05, 3.63) is 0 Å². The summed E-state index contributed by atoms with van der Waals surface area (Å²) in [6, 6.07) is 0. The molecule has 0 aliphatic rings. The van der Waals surface area contributed by atoms with Gasteiger partial charge in [-0.2, -0.15) is 0 Å². The number of rotatable bonds is 15. The lowest BCUT2D eigenvalue weighted by atomic mass is 10.0. The number of unbranched alkanes of at least 4 members (excludes halogenated alkanes) is 13. The molecule has 0 saturated heterocycles. The molecule has 0 aromatic carbocycles. The van der Waals surface area contributed by atoms with Gasteiger partial charge in [0, 0.05) is 6.42 Å². The van der Waals surface area contributed by atoms with Crippen molar-refractivity contribution in [3.63, 3.8) is 0 Å². The number of hydrogen-bond acceptors (Lipinski definition) is 1. The maximum atomic E-state index is 10.7. The van der Waals surface area contributed by atoms with Crippen LogP contribution in [0.1, 0.15) is 103 Å². The monoisotopic (exact) mass is 332 g/mol. The van der Waals surface area contributed by atoms with Gasteiger partial charge in [-0.3, -0.25) is 4.79 Å². The minimum Gasteiger partial charge on any atom is -0.287 e. The van der Waals surface area contributed by atoms with E-state index in [1.807, 2.05) is 0 Å². The lowest BCUT2D eigenvalue weighted by molar-refractivity contribution is -0.110. The molecular weight excluding hydrogens is 300 g/mol. The third-order valence-corrected chi connectivity index (χ3v) is 4.12. The molecule has 0 N–H and O–H groups in total. The first kappa shape index (κ1) is 19.1. The summed E-state index contributed by atoms with van der Waals surface area (Å²) in [5.41, 5.74) is 0. The summed E-state index contributed by atoms with van der Waals surface area (Å²) in [7, 11) is 0. The molecule has 0 atom stereocenters. The van der Waals surface area contributed by atoms with E-state index in [-0.39, 0.29) is 4.69 Å². The van der Waals surface area contributed by atoms with Crippen LogP contribution in [0, 0.1) is 0 Å². The topological polar surface area (TPSA) is 17.1 Å². The molecular formula is C17H33BrO. The predicted molar refractivity (Wildman–Crippen MR) is 88.9 cm³/mol. The molecule has 0 aliphatic carbocycles. The minimum atomic E-state index is 0.159. The Morgan fingerprint density at radius 3 is 1.26 bits per heavy atom. The van der Waals surface area contributed by atoms with E-state index in [0.717, 1.165) is 6.42 Å². The second kappa shape index (κ2) is 16.2. The van der Waals surface area contributed by atoms with Crippen LogP contribution >= 0.6 is 15.9 Å². The Morgan fingerprint density at radius 2 is 0.947 bits per heavy atom. The van der Waals surface area contributed by atoms with E-state index in [9.17, 15) is 4.79 Å². The third kappa shape index (κ3) is 18.1. The molecule has 1 nitrogen and oxygen atoms in total. The van der Waals surface area contributed by atoms with Crippen molar-refractivity contribution in [1.82, 2.24) is 0 Å². The van der Waals surface area contributed by atoms with Crippen LogP contribution in [-0.2, 0) is 4.79 Å². The van der Waals surface area contributed by atoms with Crippen LogP contribution in [0.15, 0.2) is 0 Å². The Morgan fingerprint density at radius 1 is 0.632 bits per heavy atom. The summed E-state index contributed by atoms with van der Waals surface area (Å²) in [5.74, 6) is 0. The minimum absolute atomic E-state index is 0.159. The van der Waals surface area contributed by atoms with E-state index in [1.54, 1.807) is 0 Å². The van der Waals surface area contributed by atoms with Crippen molar-refractivity contribution < 1.29 is 4.79 Å². The van der Waals surface area contributed by atoms with Crippen molar-refractivity contribution in [2.45, 2.75) is 103 Å². The highest BCUT2D eigenvalue weighted by molar-refractivity contribution is 9.18. The largest absolute Gasteiger partial charge is 0.287 e. The highest BCUT2D eigenvalue weighted by Gasteiger charge is 1.96. The molecule has 0 aromatic rings. The van der Waals surface area contributed by atoms with Gasteiger partial charge in [0.05, 0.1) is 0 Å². The maximum absolute atomic E-state index is 10.7. The zero-order chi connectivity index (χ0) is 14.2. The molecule has 0 aromatic heterocycles. The predicted octanol–water partition coefficient (Wildman–Crippen LogP) is 6.78. The molecule has 0 amide bonds. The number of carbonyl (C=O) groups excluding carboxylic acids is 1. The molecule has 0 heterocycles. The Hall–Kier alpha value is 0.150.